The molecule has 1 aliphatic heterocycles. The van der Waals surface area contributed by atoms with Gasteiger partial charge in [-0.1, -0.05) is 6.92 Å². The molecule has 10 heavy (non-hydrogen) atoms. The minimum Gasteiger partial charge on any atom is -0.328 e. The van der Waals surface area contributed by atoms with Gasteiger partial charge in [0, 0.05) is 6.92 Å². The van der Waals surface area contributed by atoms with Gasteiger partial charge in [-0.15, -0.1) is 0 Å². The predicted octanol–water partition coefficient (Wildman–Crippen LogP) is 1.13. The molecule has 3 nitrogen and oxygen atoms in total. The van der Waals surface area contributed by atoms with Crippen molar-refractivity contribution in [2.75, 3.05) is 19.8 Å². The van der Waals surface area contributed by atoms with E-state index in [1.165, 1.54) is 0 Å². The van der Waals surface area contributed by atoms with Crippen LogP contribution in [0.15, 0.2) is 0 Å². The second kappa shape index (κ2) is 3.32. The molecule has 1 heterocycles. The van der Waals surface area contributed by atoms with Gasteiger partial charge < -0.3 is 14.2 Å². The largest absolute Gasteiger partial charge is 0.328 e. The van der Waals surface area contributed by atoms with E-state index in [-0.39, 0.29) is 0 Å². The zero-order valence-corrected chi connectivity index (χ0v) is 6.55. The van der Waals surface area contributed by atoms with Crippen molar-refractivity contribution in [3.05, 3.63) is 0 Å². The molecule has 0 spiro atoms. The van der Waals surface area contributed by atoms with E-state index < -0.39 is 5.97 Å². The SMILES string of the molecule is CCCOC1(C)OCCO1. The number of hydrogen-bond acceptors (Lipinski definition) is 3. The van der Waals surface area contributed by atoms with Crippen LogP contribution in [0, 0.1) is 0 Å². The molecule has 60 valence electrons. The van der Waals surface area contributed by atoms with Gasteiger partial charge in [-0.3, -0.25) is 0 Å². The molecular formula is C7H14O3. The summed E-state index contributed by atoms with van der Waals surface area (Å²) in [6.45, 7) is 5.82. The fraction of sp³-hybridized carbons (Fsp3) is 1.00. The smallest absolute Gasteiger partial charge is 0.280 e. The normalized spacial score (nSPS) is 23.4. The van der Waals surface area contributed by atoms with Crippen molar-refractivity contribution >= 4 is 0 Å². The Morgan fingerprint density at radius 2 is 2.00 bits per heavy atom. The van der Waals surface area contributed by atoms with Crippen LogP contribution in [0.1, 0.15) is 20.3 Å². The van der Waals surface area contributed by atoms with Gasteiger partial charge in [0.2, 0.25) is 0 Å². The standard InChI is InChI=1S/C7H14O3/c1-3-4-8-7(2)9-5-6-10-7/h3-6H2,1-2H3. The van der Waals surface area contributed by atoms with Crippen LogP contribution in [-0.4, -0.2) is 25.8 Å². The third-order valence-electron chi connectivity index (χ3n) is 1.38. The van der Waals surface area contributed by atoms with Gasteiger partial charge in [-0.2, -0.15) is 0 Å². The molecule has 0 aromatic rings. The van der Waals surface area contributed by atoms with Crippen molar-refractivity contribution in [3.63, 3.8) is 0 Å². The molecule has 0 aromatic heterocycles. The second-order valence-corrected chi connectivity index (χ2v) is 2.41. The molecule has 0 aromatic carbocycles. The average molecular weight is 146 g/mol. The lowest BCUT2D eigenvalue weighted by Crippen LogP contribution is -2.29. The predicted molar refractivity (Wildman–Crippen MR) is 36.6 cm³/mol. The molecule has 0 aliphatic carbocycles. The summed E-state index contributed by atoms with van der Waals surface area (Å²) in [7, 11) is 0. The Bertz CT molecular complexity index is 97.0. The maximum atomic E-state index is 5.30. The van der Waals surface area contributed by atoms with Crippen LogP contribution < -0.4 is 0 Å². The van der Waals surface area contributed by atoms with E-state index in [1.807, 2.05) is 0 Å². The molecule has 1 aliphatic rings. The summed E-state index contributed by atoms with van der Waals surface area (Å²) in [6.07, 6.45) is 0.988. The second-order valence-electron chi connectivity index (χ2n) is 2.41. The van der Waals surface area contributed by atoms with Crippen LogP contribution >= 0.6 is 0 Å². The average Bonchev–Trinajstić information content (AvgIpc) is 2.33. The summed E-state index contributed by atoms with van der Waals surface area (Å²) in [5.74, 6) is -0.754. The van der Waals surface area contributed by atoms with Crippen LogP contribution in [0.25, 0.3) is 0 Å². The van der Waals surface area contributed by atoms with Crippen molar-refractivity contribution < 1.29 is 14.2 Å². The van der Waals surface area contributed by atoms with Crippen molar-refractivity contribution in [2.45, 2.75) is 26.2 Å². The van der Waals surface area contributed by atoms with E-state index in [0.29, 0.717) is 19.8 Å². The summed E-state index contributed by atoms with van der Waals surface area (Å²) in [5.41, 5.74) is 0. The zero-order valence-electron chi connectivity index (χ0n) is 6.55. The third kappa shape index (κ3) is 1.94. The highest BCUT2D eigenvalue weighted by molar-refractivity contribution is 4.54. The first-order valence-corrected chi connectivity index (χ1v) is 3.69. The molecule has 1 fully saturated rings. The van der Waals surface area contributed by atoms with Crippen molar-refractivity contribution in [1.29, 1.82) is 0 Å². The van der Waals surface area contributed by atoms with E-state index in [9.17, 15) is 0 Å². The van der Waals surface area contributed by atoms with Gasteiger partial charge in [0.05, 0.1) is 19.8 Å². The molecule has 0 N–H and O–H groups in total. The quantitative estimate of drug-likeness (QED) is 0.597. The minimum absolute atomic E-state index is 0.639. The van der Waals surface area contributed by atoms with Crippen LogP contribution in [0.3, 0.4) is 0 Å². The molecule has 3 heteroatoms. The van der Waals surface area contributed by atoms with Gasteiger partial charge in [-0.25, -0.2) is 0 Å². The Kier molecular flexibility index (Phi) is 2.65. The van der Waals surface area contributed by atoms with E-state index in [4.69, 9.17) is 14.2 Å². The van der Waals surface area contributed by atoms with Crippen molar-refractivity contribution in [2.24, 2.45) is 0 Å². The maximum Gasteiger partial charge on any atom is 0.280 e. The summed E-state index contributed by atoms with van der Waals surface area (Å²) >= 11 is 0. The molecule has 0 saturated carbocycles. The zero-order chi connectivity index (χ0) is 7.45. The highest BCUT2D eigenvalue weighted by Crippen LogP contribution is 2.19. The fourth-order valence-corrected chi connectivity index (χ4v) is 0.867. The van der Waals surface area contributed by atoms with E-state index in [1.54, 1.807) is 6.92 Å². The molecule has 0 unspecified atom stereocenters. The third-order valence-corrected chi connectivity index (χ3v) is 1.38. The van der Waals surface area contributed by atoms with Crippen molar-refractivity contribution in [1.82, 2.24) is 0 Å². The number of rotatable bonds is 3. The monoisotopic (exact) mass is 146 g/mol. The summed E-state index contributed by atoms with van der Waals surface area (Å²) in [5, 5.41) is 0. The molecule has 0 amide bonds. The first-order valence-electron chi connectivity index (χ1n) is 3.69. The topological polar surface area (TPSA) is 27.7 Å². The van der Waals surface area contributed by atoms with Crippen LogP contribution in [0.4, 0.5) is 0 Å². The van der Waals surface area contributed by atoms with Gasteiger partial charge in [0.25, 0.3) is 5.97 Å². The van der Waals surface area contributed by atoms with Crippen molar-refractivity contribution in [3.8, 4) is 0 Å². The summed E-state index contributed by atoms with van der Waals surface area (Å²) in [4.78, 5) is 0. The van der Waals surface area contributed by atoms with Gasteiger partial charge >= 0.3 is 0 Å². The fourth-order valence-electron chi connectivity index (χ4n) is 0.867. The lowest BCUT2D eigenvalue weighted by Gasteiger charge is -2.21. The molecule has 0 radical (unpaired) electrons. The van der Waals surface area contributed by atoms with E-state index >= 15 is 0 Å². The first-order chi connectivity index (χ1) is 4.77. The lowest BCUT2D eigenvalue weighted by atomic mass is 10.5. The first kappa shape index (κ1) is 7.98. The molecule has 1 saturated heterocycles. The van der Waals surface area contributed by atoms with Gasteiger partial charge in [0.1, 0.15) is 0 Å². The molecular weight excluding hydrogens is 132 g/mol. The molecule has 1 rings (SSSR count). The van der Waals surface area contributed by atoms with Crippen LogP contribution in [0.2, 0.25) is 0 Å². The Hall–Kier alpha value is -0.120. The highest BCUT2D eigenvalue weighted by atomic mass is 16.9. The van der Waals surface area contributed by atoms with Crippen LogP contribution in [0.5, 0.6) is 0 Å². The minimum atomic E-state index is -0.754. The Labute approximate surface area is 61.3 Å². The summed E-state index contributed by atoms with van der Waals surface area (Å²) < 4.78 is 15.7. The number of ether oxygens (including phenoxy) is 3. The van der Waals surface area contributed by atoms with Crippen LogP contribution in [-0.2, 0) is 14.2 Å². The Morgan fingerprint density at radius 1 is 1.40 bits per heavy atom. The maximum absolute atomic E-state index is 5.30. The lowest BCUT2D eigenvalue weighted by molar-refractivity contribution is -0.318. The Balaban J connectivity index is 2.22. The highest BCUT2D eigenvalue weighted by Gasteiger charge is 2.31. The molecule has 0 atom stereocenters. The number of hydrogen-bond donors (Lipinski definition) is 0. The molecule has 0 bridgehead atoms. The van der Waals surface area contributed by atoms with Gasteiger partial charge in [0.15, 0.2) is 0 Å². The van der Waals surface area contributed by atoms with Gasteiger partial charge in [-0.05, 0) is 6.42 Å². The Morgan fingerprint density at radius 3 is 2.50 bits per heavy atom. The summed E-state index contributed by atoms with van der Waals surface area (Å²) in [6, 6.07) is 0. The van der Waals surface area contributed by atoms with E-state index in [2.05, 4.69) is 6.92 Å². The van der Waals surface area contributed by atoms with E-state index in [0.717, 1.165) is 6.42 Å².